The number of rotatable bonds is 4. The van der Waals surface area contributed by atoms with Crippen LogP contribution in [0.3, 0.4) is 0 Å². The van der Waals surface area contributed by atoms with Gasteiger partial charge < -0.3 is 5.73 Å². The molecule has 106 valence electrons. The molecule has 2 aliphatic rings. The minimum Gasteiger partial charge on any atom is -0.329 e. The van der Waals surface area contributed by atoms with Crippen LogP contribution < -0.4 is 5.73 Å². The smallest absolute Gasteiger partial charge is 0.0303 e. The van der Waals surface area contributed by atoms with Gasteiger partial charge in [-0.3, -0.25) is 4.90 Å². The van der Waals surface area contributed by atoms with Crippen molar-refractivity contribution in [3.8, 4) is 0 Å². The summed E-state index contributed by atoms with van der Waals surface area (Å²) in [7, 11) is 0. The first-order valence-corrected chi connectivity index (χ1v) is 8.09. The Labute approximate surface area is 113 Å². The zero-order valence-corrected chi connectivity index (χ0v) is 12.5. The molecule has 0 bridgehead atoms. The molecule has 0 aromatic rings. The fraction of sp³-hybridized carbons (Fsp3) is 1.00. The molecule has 0 radical (unpaired) electrons. The molecule has 1 aliphatic carbocycles. The number of likely N-dealkylation sites (tertiary alicyclic amines) is 1. The first kappa shape index (κ1) is 14.3. The third kappa shape index (κ3) is 2.91. The van der Waals surface area contributed by atoms with Gasteiger partial charge in [0.1, 0.15) is 0 Å². The number of hydrogen-bond acceptors (Lipinski definition) is 2. The van der Waals surface area contributed by atoms with Crippen LogP contribution in [0, 0.1) is 5.41 Å². The molecule has 18 heavy (non-hydrogen) atoms. The average Bonchev–Trinajstić information content (AvgIpc) is 2.40. The summed E-state index contributed by atoms with van der Waals surface area (Å²) in [5.41, 5.74) is 7.03. The molecule has 2 heteroatoms. The Morgan fingerprint density at radius 1 is 1.06 bits per heavy atom. The fourth-order valence-electron chi connectivity index (χ4n) is 4.25. The Bertz CT molecular complexity index is 248. The molecule has 0 amide bonds. The molecule has 1 saturated heterocycles. The highest BCUT2D eigenvalue weighted by Gasteiger charge is 2.39. The maximum atomic E-state index is 6.05. The van der Waals surface area contributed by atoms with E-state index in [4.69, 9.17) is 5.73 Å². The van der Waals surface area contributed by atoms with E-state index in [0.717, 1.165) is 12.0 Å². The van der Waals surface area contributed by atoms with Gasteiger partial charge in [0.25, 0.3) is 0 Å². The largest absolute Gasteiger partial charge is 0.329 e. The monoisotopic (exact) mass is 252 g/mol. The van der Waals surface area contributed by atoms with Crippen molar-refractivity contribution in [3.63, 3.8) is 0 Å². The highest BCUT2D eigenvalue weighted by atomic mass is 15.2. The zero-order valence-electron chi connectivity index (χ0n) is 12.5. The summed E-state index contributed by atoms with van der Waals surface area (Å²) in [5.74, 6) is 0. The molecule has 1 spiro atoms. The van der Waals surface area contributed by atoms with Gasteiger partial charge in [0.15, 0.2) is 0 Å². The maximum absolute atomic E-state index is 6.05. The van der Waals surface area contributed by atoms with Crippen molar-refractivity contribution in [1.29, 1.82) is 0 Å². The highest BCUT2D eigenvalue weighted by Crippen LogP contribution is 2.45. The van der Waals surface area contributed by atoms with Gasteiger partial charge in [-0.15, -0.1) is 0 Å². The van der Waals surface area contributed by atoms with Crippen molar-refractivity contribution in [3.05, 3.63) is 0 Å². The van der Waals surface area contributed by atoms with Crippen LogP contribution in [0.1, 0.15) is 71.6 Å². The third-order valence-electron chi connectivity index (χ3n) is 5.73. The van der Waals surface area contributed by atoms with E-state index < -0.39 is 0 Å². The SMILES string of the molecule is CCCC(C)(CN)N1CCC2(CCCCC2)CC1. The summed E-state index contributed by atoms with van der Waals surface area (Å²) in [6.07, 6.45) is 12.8. The van der Waals surface area contributed by atoms with Crippen LogP contribution in [-0.2, 0) is 0 Å². The summed E-state index contributed by atoms with van der Waals surface area (Å²) in [5, 5.41) is 0. The van der Waals surface area contributed by atoms with E-state index in [0.29, 0.717) is 0 Å². The van der Waals surface area contributed by atoms with Crippen LogP contribution in [-0.4, -0.2) is 30.1 Å². The lowest BCUT2D eigenvalue weighted by molar-refractivity contribution is 0.00744. The third-order valence-corrected chi connectivity index (χ3v) is 5.73. The van der Waals surface area contributed by atoms with E-state index >= 15 is 0 Å². The first-order valence-electron chi connectivity index (χ1n) is 8.09. The molecule has 0 aromatic carbocycles. The Morgan fingerprint density at radius 3 is 2.17 bits per heavy atom. The minimum absolute atomic E-state index is 0.255. The summed E-state index contributed by atoms with van der Waals surface area (Å²) in [6.45, 7) is 8.03. The summed E-state index contributed by atoms with van der Waals surface area (Å²) >= 11 is 0. The second-order valence-corrected chi connectivity index (χ2v) is 7.00. The van der Waals surface area contributed by atoms with Crippen LogP contribution in [0.25, 0.3) is 0 Å². The number of nitrogens with two attached hydrogens (primary N) is 1. The molecule has 2 N–H and O–H groups in total. The highest BCUT2D eigenvalue weighted by molar-refractivity contribution is 4.94. The topological polar surface area (TPSA) is 29.3 Å². The Balaban J connectivity index is 1.92. The number of nitrogens with zero attached hydrogens (tertiary/aromatic N) is 1. The molecule has 1 unspecified atom stereocenters. The van der Waals surface area contributed by atoms with Crippen molar-refractivity contribution in [2.75, 3.05) is 19.6 Å². The van der Waals surface area contributed by atoms with Gasteiger partial charge in [-0.25, -0.2) is 0 Å². The predicted molar refractivity (Wildman–Crippen MR) is 78.7 cm³/mol. The normalized spacial score (nSPS) is 28.2. The van der Waals surface area contributed by atoms with Gasteiger partial charge in [0.05, 0.1) is 0 Å². The maximum Gasteiger partial charge on any atom is 0.0303 e. The van der Waals surface area contributed by atoms with E-state index in [-0.39, 0.29) is 5.54 Å². The van der Waals surface area contributed by atoms with Gasteiger partial charge in [-0.1, -0.05) is 32.6 Å². The fourth-order valence-corrected chi connectivity index (χ4v) is 4.25. The van der Waals surface area contributed by atoms with E-state index in [1.54, 1.807) is 0 Å². The van der Waals surface area contributed by atoms with Crippen LogP contribution >= 0.6 is 0 Å². The predicted octanol–water partition coefficient (Wildman–Crippen LogP) is 3.55. The Kier molecular flexibility index (Phi) is 4.71. The Morgan fingerprint density at radius 2 is 1.67 bits per heavy atom. The first-order chi connectivity index (χ1) is 8.64. The van der Waals surface area contributed by atoms with E-state index in [9.17, 15) is 0 Å². The van der Waals surface area contributed by atoms with Gasteiger partial charge in [-0.05, 0) is 57.5 Å². The van der Waals surface area contributed by atoms with Gasteiger partial charge in [0, 0.05) is 12.1 Å². The van der Waals surface area contributed by atoms with Crippen molar-refractivity contribution in [2.45, 2.75) is 77.2 Å². The minimum atomic E-state index is 0.255. The van der Waals surface area contributed by atoms with Crippen molar-refractivity contribution in [1.82, 2.24) is 4.90 Å². The number of hydrogen-bond donors (Lipinski definition) is 1. The molecule has 1 saturated carbocycles. The summed E-state index contributed by atoms with van der Waals surface area (Å²) < 4.78 is 0. The zero-order chi connectivity index (χ0) is 13.1. The van der Waals surface area contributed by atoms with Crippen LogP contribution in [0.2, 0.25) is 0 Å². The number of piperidine rings is 1. The van der Waals surface area contributed by atoms with E-state index in [2.05, 4.69) is 18.7 Å². The van der Waals surface area contributed by atoms with E-state index in [1.807, 2.05) is 0 Å². The van der Waals surface area contributed by atoms with Crippen LogP contribution in [0.4, 0.5) is 0 Å². The van der Waals surface area contributed by atoms with Crippen molar-refractivity contribution >= 4 is 0 Å². The lowest BCUT2D eigenvalue weighted by atomic mass is 9.67. The van der Waals surface area contributed by atoms with Crippen molar-refractivity contribution in [2.24, 2.45) is 11.1 Å². The molecule has 1 heterocycles. The van der Waals surface area contributed by atoms with Crippen LogP contribution in [0.5, 0.6) is 0 Å². The quantitative estimate of drug-likeness (QED) is 0.829. The molecule has 2 nitrogen and oxygen atoms in total. The van der Waals surface area contributed by atoms with Gasteiger partial charge >= 0.3 is 0 Å². The molecular weight excluding hydrogens is 220 g/mol. The lowest BCUT2D eigenvalue weighted by Gasteiger charge is -2.50. The molecule has 2 fully saturated rings. The van der Waals surface area contributed by atoms with Crippen molar-refractivity contribution < 1.29 is 0 Å². The summed E-state index contributed by atoms with van der Waals surface area (Å²) in [6, 6.07) is 0. The molecule has 0 aromatic heterocycles. The second-order valence-electron chi connectivity index (χ2n) is 7.00. The molecule has 1 aliphatic heterocycles. The van der Waals surface area contributed by atoms with Gasteiger partial charge in [0.2, 0.25) is 0 Å². The molecule has 2 rings (SSSR count). The Hall–Kier alpha value is -0.0800. The summed E-state index contributed by atoms with van der Waals surface area (Å²) in [4.78, 5) is 2.69. The lowest BCUT2D eigenvalue weighted by Crippen LogP contribution is -2.56. The van der Waals surface area contributed by atoms with E-state index in [1.165, 1.54) is 70.9 Å². The second kappa shape index (κ2) is 5.92. The molecular formula is C16H32N2. The van der Waals surface area contributed by atoms with Crippen LogP contribution in [0.15, 0.2) is 0 Å². The standard InChI is InChI=1S/C16H32N2/c1-3-7-15(2,14-17)18-12-10-16(11-13-18)8-5-4-6-9-16/h3-14,17H2,1-2H3. The van der Waals surface area contributed by atoms with Gasteiger partial charge in [-0.2, -0.15) is 0 Å². The average molecular weight is 252 g/mol. The molecule has 1 atom stereocenters.